The molecule has 0 radical (unpaired) electrons. The number of nitrogens with one attached hydrogen (secondary N) is 1. The van der Waals surface area contributed by atoms with Gasteiger partial charge in [0.05, 0.1) is 5.02 Å². The number of ether oxygens (including phenoxy) is 2. The summed E-state index contributed by atoms with van der Waals surface area (Å²) < 4.78 is 16.2. The Labute approximate surface area is 189 Å². The summed E-state index contributed by atoms with van der Waals surface area (Å²) in [4.78, 5) is 37.2. The van der Waals surface area contributed by atoms with Crippen LogP contribution in [0.2, 0.25) is 5.02 Å². The van der Waals surface area contributed by atoms with Gasteiger partial charge in [-0.1, -0.05) is 11.6 Å². The molecule has 0 bridgehead atoms. The minimum atomic E-state index is -0.916. The van der Waals surface area contributed by atoms with Crippen LogP contribution in [0.15, 0.2) is 21.3 Å². The summed E-state index contributed by atoms with van der Waals surface area (Å²) in [6.07, 6.45) is 3.91. The first-order valence-corrected chi connectivity index (χ1v) is 11.8. The SMILES string of the molecule is CSCCC(NC(=O)OC(C)(C)C)C(=O)Oc1cc2oc(=O)c3c(c2cc1Cl)CCC3. The number of esters is 1. The first-order valence-electron chi connectivity index (χ1n) is 10.1. The highest BCUT2D eigenvalue weighted by atomic mass is 35.5. The summed E-state index contributed by atoms with van der Waals surface area (Å²) in [6, 6.07) is 2.19. The third-order valence-corrected chi connectivity index (χ3v) is 5.76. The molecule has 168 valence electrons. The van der Waals surface area contributed by atoms with E-state index in [4.69, 9.17) is 25.5 Å². The van der Waals surface area contributed by atoms with E-state index in [9.17, 15) is 14.4 Å². The average Bonchev–Trinajstić information content (AvgIpc) is 3.16. The largest absolute Gasteiger partial charge is 0.444 e. The minimum Gasteiger partial charge on any atom is -0.444 e. The zero-order valence-corrected chi connectivity index (χ0v) is 19.6. The smallest absolute Gasteiger partial charge is 0.408 e. The third-order valence-electron chi connectivity index (χ3n) is 4.82. The van der Waals surface area contributed by atoms with Crippen LogP contribution in [0.25, 0.3) is 11.0 Å². The molecule has 0 saturated carbocycles. The molecule has 9 heteroatoms. The van der Waals surface area contributed by atoms with Crippen LogP contribution in [0, 0.1) is 0 Å². The zero-order chi connectivity index (χ0) is 22.8. The lowest BCUT2D eigenvalue weighted by Crippen LogP contribution is -2.45. The maximum absolute atomic E-state index is 12.8. The van der Waals surface area contributed by atoms with Crippen LogP contribution >= 0.6 is 23.4 Å². The Hall–Kier alpha value is -2.19. The molecular weight excluding hydrogens is 442 g/mol. The van der Waals surface area contributed by atoms with E-state index in [2.05, 4.69) is 5.32 Å². The van der Waals surface area contributed by atoms with E-state index < -0.39 is 23.7 Å². The Morgan fingerprint density at radius 1 is 1.26 bits per heavy atom. The van der Waals surface area contributed by atoms with Gasteiger partial charge in [-0.05, 0) is 70.1 Å². The predicted molar refractivity (Wildman–Crippen MR) is 121 cm³/mol. The molecule has 1 heterocycles. The summed E-state index contributed by atoms with van der Waals surface area (Å²) >= 11 is 7.91. The van der Waals surface area contributed by atoms with E-state index >= 15 is 0 Å². The number of carbonyl (C=O) groups excluding carboxylic acids is 2. The van der Waals surface area contributed by atoms with E-state index in [1.165, 1.54) is 17.8 Å². The van der Waals surface area contributed by atoms with Gasteiger partial charge in [-0.25, -0.2) is 14.4 Å². The number of aryl methyl sites for hydroxylation is 1. The van der Waals surface area contributed by atoms with Gasteiger partial charge in [0, 0.05) is 17.0 Å². The Kier molecular flexibility index (Phi) is 7.21. The van der Waals surface area contributed by atoms with Crippen LogP contribution in [-0.4, -0.2) is 35.7 Å². The van der Waals surface area contributed by atoms with Gasteiger partial charge in [-0.2, -0.15) is 11.8 Å². The maximum atomic E-state index is 12.8. The standard InChI is InChI=1S/C22H26ClNO6S/c1-22(2,3)30-21(27)24-16(8-9-31-4)20(26)29-18-11-17-14(10-15(18)23)12-6-5-7-13(12)19(25)28-17/h10-11,16H,5-9H2,1-4H3,(H,24,27). The predicted octanol–water partition coefficient (Wildman–Crippen LogP) is 4.49. The number of halogens is 1. The van der Waals surface area contributed by atoms with Crippen LogP contribution in [0.4, 0.5) is 4.79 Å². The fraction of sp³-hybridized carbons (Fsp3) is 0.500. The lowest BCUT2D eigenvalue weighted by Gasteiger charge is -2.23. The Morgan fingerprint density at radius 2 is 1.97 bits per heavy atom. The molecule has 1 aromatic carbocycles. The first kappa shape index (κ1) is 23.5. The van der Waals surface area contributed by atoms with Crippen molar-refractivity contribution in [1.82, 2.24) is 5.32 Å². The van der Waals surface area contributed by atoms with Gasteiger partial charge in [0.25, 0.3) is 0 Å². The molecule has 1 atom stereocenters. The number of carbonyl (C=O) groups is 2. The van der Waals surface area contributed by atoms with Crippen molar-refractivity contribution in [3.05, 3.63) is 38.7 Å². The van der Waals surface area contributed by atoms with Crippen LogP contribution in [0.5, 0.6) is 5.75 Å². The number of hydrogen-bond donors (Lipinski definition) is 1. The van der Waals surface area contributed by atoms with E-state index in [1.54, 1.807) is 26.8 Å². The normalized spacial score (nSPS) is 14.2. The molecule has 0 aliphatic heterocycles. The fourth-order valence-corrected chi connectivity index (χ4v) is 4.15. The number of fused-ring (bicyclic) bond motifs is 3. The van der Waals surface area contributed by atoms with Crippen molar-refractivity contribution in [3.63, 3.8) is 0 Å². The number of alkyl carbamates (subject to hydrolysis) is 1. The van der Waals surface area contributed by atoms with E-state index in [1.807, 2.05) is 6.26 Å². The lowest BCUT2D eigenvalue weighted by atomic mass is 10.1. The Balaban J connectivity index is 1.83. The number of rotatable bonds is 6. The van der Waals surface area contributed by atoms with Gasteiger partial charge in [-0.15, -0.1) is 0 Å². The van der Waals surface area contributed by atoms with Gasteiger partial charge >= 0.3 is 17.7 Å². The topological polar surface area (TPSA) is 94.8 Å². The van der Waals surface area contributed by atoms with Crippen molar-refractivity contribution in [2.45, 2.75) is 58.1 Å². The van der Waals surface area contributed by atoms with Crippen LogP contribution in [0.1, 0.15) is 44.7 Å². The van der Waals surface area contributed by atoms with Crippen molar-refractivity contribution in [1.29, 1.82) is 0 Å². The Bertz CT molecular complexity index is 1060. The highest BCUT2D eigenvalue weighted by Gasteiger charge is 2.27. The molecule has 3 rings (SSSR count). The van der Waals surface area contributed by atoms with Gasteiger partial charge in [-0.3, -0.25) is 0 Å². The van der Waals surface area contributed by atoms with Crippen LogP contribution in [0.3, 0.4) is 0 Å². The zero-order valence-electron chi connectivity index (χ0n) is 18.0. The van der Waals surface area contributed by atoms with E-state index in [-0.39, 0.29) is 16.4 Å². The fourth-order valence-electron chi connectivity index (χ4n) is 3.47. The van der Waals surface area contributed by atoms with Gasteiger partial charge in [0.15, 0.2) is 5.75 Å². The molecule has 1 aromatic heterocycles. The lowest BCUT2D eigenvalue weighted by molar-refractivity contribution is -0.136. The second-order valence-electron chi connectivity index (χ2n) is 8.38. The molecule has 0 saturated heterocycles. The monoisotopic (exact) mass is 467 g/mol. The third kappa shape index (κ3) is 5.74. The molecule has 1 unspecified atom stereocenters. The van der Waals surface area contributed by atoms with Crippen molar-refractivity contribution >= 4 is 46.4 Å². The number of amides is 1. The summed E-state index contributed by atoms with van der Waals surface area (Å²) in [5.41, 5.74) is 0.877. The number of thioether (sulfide) groups is 1. The molecular formula is C22H26ClNO6S. The summed E-state index contributed by atoms with van der Waals surface area (Å²) in [5, 5.41) is 3.54. The molecule has 0 fully saturated rings. The quantitative estimate of drug-likeness (QED) is 0.380. The molecule has 1 N–H and O–H groups in total. The molecule has 1 aliphatic carbocycles. The minimum absolute atomic E-state index is 0.0698. The summed E-state index contributed by atoms with van der Waals surface area (Å²) in [6.45, 7) is 5.21. The Morgan fingerprint density at radius 3 is 2.65 bits per heavy atom. The van der Waals surface area contributed by atoms with Gasteiger partial charge in [0.1, 0.15) is 17.2 Å². The highest BCUT2D eigenvalue weighted by molar-refractivity contribution is 7.98. The molecule has 2 aromatic rings. The van der Waals surface area contributed by atoms with Crippen LogP contribution in [-0.2, 0) is 22.4 Å². The van der Waals surface area contributed by atoms with Crippen molar-refractivity contribution in [3.8, 4) is 5.75 Å². The van der Waals surface area contributed by atoms with Gasteiger partial charge in [0.2, 0.25) is 0 Å². The second-order valence-corrected chi connectivity index (χ2v) is 9.77. The first-order chi connectivity index (χ1) is 14.6. The van der Waals surface area contributed by atoms with E-state index in [0.29, 0.717) is 29.7 Å². The molecule has 0 spiro atoms. The van der Waals surface area contributed by atoms with Gasteiger partial charge < -0.3 is 19.2 Å². The van der Waals surface area contributed by atoms with E-state index in [0.717, 1.165) is 23.8 Å². The maximum Gasteiger partial charge on any atom is 0.408 e. The average molecular weight is 468 g/mol. The molecule has 31 heavy (non-hydrogen) atoms. The number of hydrogen-bond acceptors (Lipinski definition) is 7. The summed E-state index contributed by atoms with van der Waals surface area (Å²) in [5.74, 6) is 0.0206. The number of benzene rings is 1. The molecule has 1 aliphatic rings. The summed E-state index contributed by atoms with van der Waals surface area (Å²) in [7, 11) is 0. The molecule has 7 nitrogen and oxygen atoms in total. The second kappa shape index (κ2) is 9.53. The van der Waals surface area contributed by atoms with Crippen molar-refractivity contribution in [2.75, 3.05) is 12.0 Å². The highest BCUT2D eigenvalue weighted by Crippen LogP contribution is 2.35. The molecule has 1 amide bonds. The van der Waals surface area contributed by atoms with Crippen LogP contribution < -0.4 is 15.7 Å². The van der Waals surface area contributed by atoms with Crippen molar-refractivity contribution < 1.29 is 23.5 Å². The van der Waals surface area contributed by atoms with Crippen molar-refractivity contribution in [2.24, 2.45) is 0 Å².